The van der Waals surface area contributed by atoms with Gasteiger partial charge in [0.25, 0.3) is 17.5 Å². The van der Waals surface area contributed by atoms with Crippen LogP contribution in [0.25, 0.3) is 6.08 Å². The first-order chi connectivity index (χ1) is 19.3. The number of esters is 1. The number of thiophene rings is 1. The minimum atomic E-state index is -0.749. The third-order valence-corrected chi connectivity index (χ3v) is 6.61. The highest BCUT2D eigenvalue weighted by atomic mass is 79.9. The molecule has 0 saturated heterocycles. The Morgan fingerprint density at radius 1 is 0.950 bits per heavy atom. The highest BCUT2D eigenvalue weighted by Gasteiger charge is 2.20. The number of rotatable bonds is 9. The molecule has 2 N–H and O–H groups in total. The van der Waals surface area contributed by atoms with Gasteiger partial charge >= 0.3 is 5.97 Å². The lowest BCUT2D eigenvalue weighted by Gasteiger charge is -2.10. The van der Waals surface area contributed by atoms with E-state index in [-0.39, 0.29) is 32.7 Å². The smallest absolute Gasteiger partial charge is 0.343 e. The Morgan fingerprint density at radius 3 is 2.25 bits per heavy atom. The van der Waals surface area contributed by atoms with Gasteiger partial charge < -0.3 is 10.1 Å². The van der Waals surface area contributed by atoms with Gasteiger partial charge in [-0.05, 0) is 57.7 Å². The van der Waals surface area contributed by atoms with E-state index in [1.165, 1.54) is 23.5 Å². The molecular weight excluding hydrogens is 600 g/mol. The van der Waals surface area contributed by atoms with Crippen LogP contribution < -0.4 is 15.5 Å². The second-order valence-corrected chi connectivity index (χ2v) is 9.78. The van der Waals surface area contributed by atoms with Crippen LogP contribution in [0.15, 0.2) is 106 Å². The zero-order valence-electron chi connectivity index (χ0n) is 20.4. The molecule has 4 rings (SSSR count). The normalized spacial score (nSPS) is 11.2. The molecular formula is C28H19BrN4O6S. The Morgan fingerprint density at radius 2 is 1.62 bits per heavy atom. The molecule has 0 unspecified atom stereocenters. The number of amides is 2. The van der Waals surface area contributed by atoms with E-state index in [0.29, 0.717) is 10.4 Å². The summed E-state index contributed by atoms with van der Waals surface area (Å²) in [5.74, 6) is -1.98. The van der Waals surface area contributed by atoms with Gasteiger partial charge in [0, 0.05) is 28.1 Å². The molecule has 0 atom stereocenters. The van der Waals surface area contributed by atoms with Crippen LogP contribution in [0, 0.1) is 10.1 Å². The third-order valence-electron chi connectivity index (χ3n) is 5.20. The maximum Gasteiger partial charge on any atom is 0.343 e. The van der Waals surface area contributed by atoms with Gasteiger partial charge in [0.2, 0.25) is 0 Å². The molecule has 12 heteroatoms. The number of nitrogens with one attached hydrogen (secondary N) is 2. The molecule has 200 valence electrons. The second-order valence-electron chi connectivity index (χ2n) is 7.95. The van der Waals surface area contributed by atoms with E-state index in [1.807, 2.05) is 5.38 Å². The number of hydrogen-bond donors (Lipinski definition) is 2. The predicted molar refractivity (Wildman–Crippen MR) is 154 cm³/mol. The Labute approximate surface area is 240 Å². The van der Waals surface area contributed by atoms with Gasteiger partial charge in [0.15, 0.2) is 5.75 Å². The second kappa shape index (κ2) is 13.2. The van der Waals surface area contributed by atoms with Gasteiger partial charge in [-0.3, -0.25) is 19.7 Å². The third kappa shape index (κ3) is 7.34. The number of carbonyl (C=O) groups excluding carboxylic acids is 3. The minimum absolute atomic E-state index is 0.0378. The van der Waals surface area contributed by atoms with Crippen molar-refractivity contribution in [1.29, 1.82) is 0 Å². The summed E-state index contributed by atoms with van der Waals surface area (Å²) in [6.07, 6.45) is 2.60. The number of carbonyl (C=O) groups is 3. The summed E-state index contributed by atoms with van der Waals surface area (Å²) < 4.78 is 5.63. The standard InChI is InChI=1S/C28H19BrN4O6S/c29-23-15-21(33(37)38)14-20(25(23)39-28(36)19-10-5-2-6-11-19)17-30-32-27(35)24(16-22-12-7-13-40-22)31-26(34)18-8-3-1-4-9-18/h1-17H,(H,31,34)(H,32,35)/b24-16+,30-17+. The summed E-state index contributed by atoms with van der Waals surface area (Å²) in [5, 5.41) is 19.7. The number of hydrazone groups is 1. The van der Waals surface area contributed by atoms with Crippen molar-refractivity contribution >= 4 is 63.0 Å². The highest BCUT2D eigenvalue weighted by Crippen LogP contribution is 2.33. The largest absolute Gasteiger partial charge is 0.421 e. The van der Waals surface area contributed by atoms with E-state index >= 15 is 0 Å². The SMILES string of the molecule is O=C(N/N=C/c1cc([N+](=O)[O-])cc(Br)c1OC(=O)c1ccccc1)/C(=C\c1cccs1)NC(=O)c1ccccc1. The molecule has 0 radical (unpaired) electrons. The average molecular weight is 619 g/mol. The molecule has 0 aliphatic carbocycles. The monoisotopic (exact) mass is 618 g/mol. The van der Waals surface area contributed by atoms with Crippen molar-refractivity contribution in [2.24, 2.45) is 5.10 Å². The van der Waals surface area contributed by atoms with Crippen LogP contribution in [-0.2, 0) is 4.79 Å². The lowest BCUT2D eigenvalue weighted by Crippen LogP contribution is -2.32. The maximum atomic E-state index is 13.0. The molecule has 3 aromatic carbocycles. The zero-order valence-corrected chi connectivity index (χ0v) is 22.8. The molecule has 2 amide bonds. The van der Waals surface area contributed by atoms with Crippen LogP contribution in [0.1, 0.15) is 31.2 Å². The molecule has 0 bridgehead atoms. The summed E-state index contributed by atoms with van der Waals surface area (Å²) in [5.41, 5.74) is 2.59. The number of hydrogen-bond acceptors (Lipinski definition) is 8. The van der Waals surface area contributed by atoms with Crippen molar-refractivity contribution < 1.29 is 24.0 Å². The van der Waals surface area contributed by atoms with E-state index in [2.05, 4.69) is 31.8 Å². The van der Waals surface area contributed by atoms with Gasteiger partial charge in [-0.1, -0.05) is 42.5 Å². The van der Waals surface area contributed by atoms with Crippen molar-refractivity contribution in [3.05, 3.63) is 132 Å². The van der Waals surface area contributed by atoms with Crippen molar-refractivity contribution in [2.45, 2.75) is 0 Å². The number of nitro benzene ring substituents is 1. The number of ether oxygens (including phenoxy) is 1. The molecule has 40 heavy (non-hydrogen) atoms. The minimum Gasteiger partial charge on any atom is -0.421 e. The lowest BCUT2D eigenvalue weighted by molar-refractivity contribution is -0.385. The number of non-ortho nitro benzene ring substituents is 1. The Bertz CT molecular complexity index is 1610. The predicted octanol–water partition coefficient (Wildman–Crippen LogP) is 5.56. The van der Waals surface area contributed by atoms with Gasteiger partial charge in [0.05, 0.1) is 21.2 Å². The van der Waals surface area contributed by atoms with Gasteiger partial charge in [-0.15, -0.1) is 11.3 Å². The number of halogens is 1. The summed E-state index contributed by atoms with van der Waals surface area (Å²) in [6, 6.07) is 22.4. The molecule has 0 spiro atoms. The fourth-order valence-electron chi connectivity index (χ4n) is 3.31. The van der Waals surface area contributed by atoms with Crippen molar-refractivity contribution in [3.8, 4) is 5.75 Å². The van der Waals surface area contributed by atoms with E-state index in [1.54, 1.807) is 72.8 Å². The first-order valence-corrected chi connectivity index (χ1v) is 13.2. The van der Waals surface area contributed by atoms with Crippen molar-refractivity contribution in [3.63, 3.8) is 0 Å². The van der Waals surface area contributed by atoms with Crippen LogP contribution in [0.4, 0.5) is 5.69 Å². The topological polar surface area (TPSA) is 140 Å². The highest BCUT2D eigenvalue weighted by molar-refractivity contribution is 9.10. The molecule has 0 aliphatic rings. The first-order valence-electron chi connectivity index (χ1n) is 11.5. The van der Waals surface area contributed by atoms with Crippen LogP contribution in [0.2, 0.25) is 0 Å². The van der Waals surface area contributed by atoms with Gasteiger partial charge in [-0.25, -0.2) is 10.2 Å². The Hall–Kier alpha value is -4.94. The van der Waals surface area contributed by atoms with Crippen molar-refractivity contribution in [2.75, 3.05) is 0 Å². The van der Waals surface area contributed by atoms with E-state index in [9.17, 15) is 24.5 Å². The Kier molecular flexibility index (Phi) is 9.28. The van der Waals surface area contributed by atoms with Crippen molar-refractivity contribution in [1.82, 2.24) is 10.7 Å². The fourth-order valence-corrected chi connectivity index (χ4v) is 4.52. The molecule has 10 nitrogen and oxygen atoms in total. The van der Waals surface area contributed by atoms with Crippen LogP contribution in [0.5, 0.6) is 5.75 Å². The molecule has 0 aliphatic heterocycles. The lowest BCUT2D eigenvalue weighted by atomic mass is 10.2. The molecule has 4 aromatic rings. The molecule has 0 fully saturated rings. The number of nitro groups is 1. The quantitative estimate of drug-likeness (QED) is 0.0628. The fraction of sp³-hybridized carbons (Fsp3) is 0. The molecule has 1 heterocycles. The maximum absolute atomic E-state index is 13.0. The zero-order chi connectivity index (χ0) is 28.5. The molecule has 1 aromatic heterocycles. The number of benzene rings is 3. The Balaban J connectivity index is 1.58. The first kappa shape index (κ1) is 28.1. The summed E-state index contributed by atoms with van der Waals surface area (Å²) in [4.78, 5) is 49.9. The van der Waals surface area contributed by atoms with Crippen LogP contribution in [-0.4, -0.2) is 28.9 Å². The van der Waals surface area contributed by atoms with E-state index in [0.717, 1.165) is 12.3 Å². The average Bonchev–Trinajstić information content (AvgIpc) is 3.48. The summed E-state index contributed by atoms with van der Waals surface area (Å²) in [7, 11) is 0. The van der Waals surface area contributed by atoms with Crippen LogP contribution >= 0.6 is 27.3 Å². The number of nitrogens with zero attached hydrogens (tertiary/aromatic N) is 2. The van der Waals surface area contributed by atoms with Gasteiger partial charge in [0.1, 0.15) is 5.70 Å². The molecule has 0 saturated carbocycles. The van der Waals surface area contributed by atoms with Crippen LogP contribution in [0.3, 0.4) is 0 Å². The van der Waals surface area contributed by atoms with Gasteiger partial charge in [-0.2, -0.15) is 5.10 Å². The summed E-state index contributed by atoms with van der Waals surface area (Å²) in [6.45, 7) is 0. The van der Waals surface area contributed by atoms with E-state index in [4.69, 9.17) is 4.74 Å². The summed E-state index contributed by atoms with van der Waals surface area (Å²) >= 11 is 4.57. The van der Waals surface area contributed by atoms with E-state index < -0.39 is 22.7 Å².